The van der Waals surface area contributed by atoms with Gasteiger partial charge < -0.3 is 10.1 Å². The number of Topliss-reactive ketones (excluding diaryl/α,β-unsaturated/α-hetero) is 1. The number of anilines is 1. The molecule has 1 amide bonds. The van der Waals surface area contributed by atoms with Gasteiger partial charge in [0.15, 0.2) is 0 Å². The molecule has 0 aliphatic rings. The molecule has 1 heterocycles. The first-order valence-electron chi connectivity index (χ1n) is 8.50. The predicted molar refractivity (Wildman–Crippen MR) is 102 cm³/mol. The summed E-state index contributed by atoms with van der Waals surface area (Å²) in [5.74, 6) is 1.22. The molecule has 0 spiro atoms. The third-order valence-electron chi connectivity index (χ3n) is 3.74. The van der Waals surface area contributed by atoms with Crippen LogP contribution in [0.15, 0.2) is 67.0 Å². The topological polar surface area (TPSA) is 81.2 Å². The van der Waals surface area contributed by atoms with Crippen molar-refractivity contribution in [3.63, 3.8) is 0 Å². The van der Waals surface area contributed by atoms with Crippen LogP contribution in [-0.4, -0.2) is 21.7 Å². The molecule has 0 unspecified atom stereocenters. The highest BCUT2D eigenvalue weighted by molar-refractivity contribution is 5.87. The minimum atomic E-state index is -0.218. The van der Waals surface area contributed by atoms with E-state index >= 15 is 0 Å². The number of ketones is 1. The summed E-state index contributed by atoms with van der Waals surface area (Å²) in [7, 11) is 0. The lowest BCUT2D eigenvalue weighted by Gasteiger charge is -2.07. The molecule has 1 aromatic heterocycles. The molecule has 6 nitrogen and oxygen atoms in total. The highest BCUT2D eigenvalue weighted by atomic mass is 16.5. The number of rotatable bonds is 7. The fraction of sp³-hybridized carbons (Fsp3) is 0.143. The van der Waals surface area contributed by atoms with E-state index in [2.05, 4.69) is 15.3 Å². The van der Waals surface area contributed by atoms with Crippen LogP contribution in [0, 0.1) is 0 Å². The van der Waals surface area contributed by atoms with Crippen LogP contribution in [0.1, 0.15) is 18.1 Å². The summed E-state index contributed by atoms with van der Waals surface area (Å²) in [6, 6.07) is 18.5. The number of amides is 1. The Labute approximate surface area is 157 Å². The summed E-state index contributed by atoms with van der Waals surface area (Å²) in [6.45, 7) is 1.40. The summed E-state index contributed by atoms with van der Waals surface area (Å²) < 4.78 is 5.67. The number of benzene rings is 2. The molecule has 2 aromatic carbocycles. The zero-order chi connectivity index (χ0) is 19.1. The minimum absolute atomic E-state index is 0.158. The van der Waals surface area contributed by atoms with Crippen LogP contribution in [-0.2, 0) is 22.4 Å². The lowest BCUT2D eigenvalue weighted by Crippen LogP contribution is -2.07. The molecule has 3 rings (SSSR count). The lowest BCUT2D eigenvalue weighted by atomic mass is 10.0. The number of nitrogens with one attached hydrogen (secondary N) is 1. The summed E-state index contributed by atoms with van der Waals surface area (Å²) in [5, 5.41) is 2.57. The molecule has 0 saturated heterocycles. The maximum atomic E-state index is 12.2. The molecular weight excluding hydrogens is 342 g/mol. The first kappa shape index (κ1) is 18.3. The van der Waals surface area contributed by atoms with Gasteiger partial charge in [0.2, 0.25) is 11.8 Å². The molecule has 3 aromatic rings. The molecule has 136 valence electrons. The van der Waals surface area contributed by atoms with Gasteiger partial charge in [0.25, 0.3) is 0 Å². The predicted octanol–water partition coefficient (Wildman–Crippen LogP) is 3.58. The zero-order valence-corrected chi connectivity index (χ0v) is 14.9. The molecule has 1 N–H and O–H groups in total. The van der Waals surface area contributed by atoms with E-state index in [1.54, 1.807) is 18.2 Å². The smallest absolute Gasteiger partial charge is 0.224 e. The van der Waals surface area contributed by atoms with Crippen molar-refractivity contribution in [3.05, 3.63) is 78.1 Å². The Morgan fingerprint density at radius 3 is 2.26 bits per heavy atom. The number of nitrogens with zero attached hydrogens (tertiary/aromatic N) is 2. The van der Waals surface area contributed by atoms with E-state index in [0.29, 0.717) is 30.3 Å². The van der Waals surface area contributed by atoms with Crippen LogP contribution in [0.3, 0.4) is 0 Å². The largest absolute Gasteiger partial charge is 0.439 e. The van der Waals surface area contributed by atoms with E-state index < -0.39 is 0 Å². The van der Waals surface area contributed by atoms with Crippen molar-refractivity contribution in [1.29, 1.82) is 0 Å². The van der Waals surface area contributed by atoms with Gasteiger partial charge >= 0.3 is 0 Å². The normalized spacial score (nSPS) is 10.3. The van der Waals surface area contributed by atoms with Crippen molar-refractivity contribution in [2.45, 2.75) is 19.8 Å². The number of carbonyl (C=O) groups is 2. The van der Waals surface area contributed by atoms with E-state index in [9.17, 15) is 9.59 Å². The van der Waals surface area contributed by atoms with Crippen molar-refractivity contribution in [1.82, 2.24) is 9.97 Å². The van der Waals surface area contributed by atoms with Crippen molar-refractivity contribution in [3.8, 4) is 11.6 Å². The van der Waals surface area contributed by atoms with E-state index in [4.69, 9.17) is 4.74 Å². The van der Waals surface area contributed by atoms with Crippen LogP contribution in [0.25, 0.3) is 0 Å². The van der Waals surface area contributed by atoms with Gasteiger partial charge in [-0.3, -0.25) is 9.59 Å². The molecule has 6 heteroatoms. The fourth-order valence-electron chi connectivity index (χ4n) is 2.55. The van der Waals surface area contributed by atoms with Gasteiger partial charge in [-0.15, -0.1) is 0 Å². The molecule has 0 radical (unpaired) electrons. The highest BCUT2D eigenvalue weighted by Crippen LogP contribution is 2.21. The van der Waals surface area contributed by atoms with Crippen molar-refractivity contribution in [2.75, 3.05) is 5.32 Å². The second-order valence-corrected chi connectivity index (χ2v) is 6.05. The maximum absolute atomic E-state index is 12.2. The lowest BCUT2D eigenvalue weighted by molar-refractivity contribution is -0.118. The van der Waals surface area contributed by atoms with Crippen LogP contribution >= 0.6 is 0 Å². The fourth-order valence-corrected chi connectivity index (χ4v) is 2.55. The summed E-state index contributed by atoms with van der Waals surface area (Å²) in [5.41, 5.74) is 1.94. The summed E-state index contributed by atoms with van der Waals surface area (Å²) in [4.78, 5) is 31.2. The Kier molecular flexibility index (Phi) is 5.89. The van der Waals surface area contributed by atoms with Gasteiger partial charge in [0, 0.05) is 25.8 Å². The SMILES string of the molecule is CC(=O)Nc1cc(Oc2ccc(CC(=O)Cc3ccccc3)cc2)ncn1. The van der Waals surface area contributed by atoms with E-state index in [-0.39, 0.29) is 11.7 Å². The summed E-state index contributed by atoms with van der Waals surface area (Å²) in [6.07, 6.45) is 2.11. The standard InChI is InChI=1S/C21H19N3O3/c1-15(25)24-20-13-21(23-14-22-20)27-19-9-7-17(8-10-19)12-18(26)11-16-5-3-2-4-6-16/h2-10,13-14H,11-12H2,1H3,(H,22,23,24,25). The van der Waals surface area contributed by atoms with Crippen molar-refractivity contribution < 1.29 is 14.3 Å². The Balaban J connectivity index is 1.58. The second-order valence-electron chi connectivity index (χ2n) is 6.05. The average molecular weight is 361 g/mol. The quantitative estimate of drug-likeness (QED) is 0.696. The zero-order valence-electron chi connectivity index (χ0n) is 14.9. The molecule has 0 fully saturated rings. The van der Waals surface area contributed by atoms with E-state index in [0.717, 1.165) is 11.1 Å². The first-order chi connectivity index (χ1) is 13.1. The third kappa shape index (κ3) is 5.74. The van der Waals surface area contributed by atoms with Crippen molar-refractivity contribution >= 4 is 17.5 Å². The van der Waals surface area contributed by atoms with Gasteiger partial charge in [-0.1, -0.05) is 42.5 Å². The molecular formula is C21H19N3O3. The number of carbonyl (C=O) groups excluding carboxylic acids is 2. The van der Waals surface area contributed by atoms with Crippen LogP contribution < -0.4 is 10.1 Å². The minimum Gasteiger partial charge on any atom is -0.439 e. The van der Waals surface area contributed by atoms with Gasteiger partial charge in [-0.2, -0.15) is 0 Å². The molecule has 0 aliphatic carbocycles. The number of aromatic nitrogens is 2. The highest BCUT2D eigenvalue weighted by Gasteiger charge is 2.07. The van der Waals surface area contributed by atoms with Gasteiger partial charge in [-0.25, -0.2) is 9.97 Å². The second kappa shape index (κ2) is 8.71. The van der Waals surface area contributed by atoms with Crippen LogP contribution in [0.2, 0.25) is 0 Å². The molecule has 0 bridgehead atoms. The van der Waals surface area contributed by atoms with E-state index in [1.165, 1.54) is 13.3 Å². The van der Waals surface area contributed by atoms with E-state index in [1.807, 2.05) is 42.5 Å². The number of hydrogen-bond donors (Lipinski definition) is 1. The Morgan fingerprint density at radius 1 is 0.926 bits per heavy atom. The summed E-state index contributed by atoms with van der Waals surface area (Å²) >= 11 is 0. The first-order valence-corrected chi connectivity index (χ1v) is 8.50. The van der Waals surface area contributed by atoms with Gasteiger partial charge in [-0.05, 0) is 23.3 Å². The molecule has 0 aliphatic heterocycles. The number of hydrogen-bond acceptors (Lipinski definition) is 5. The molecule has 0 atom stereocenters. The average Bonchev–Trinajstić information content (AvgIpc) is 2.64. The maximum Gasteiger partial charge on any atom is 0.224 e. The monoisotopic (exact) mass is 361 g/mol. The third-order valence-corrected chi connectivity index (χ3v) is 3.74. The Morgan fingerprint density at radius 2 is 1.59 bits per heavy atom. The van der Waals surface area contributed by atoms with Crippen LogP contribution in [0.5, 0.6) is 11.6 Å². The Bertz CT molecular complexity index is 925. The van der Waals surface area contributed by atoms with Crippen LogP contribution in [0.4, 0.5) is 5.82 Å². The molecule has 27 heavy (non-hydrogen) atoms. The van der Waals surface area contributed by atoms with Gasteiger partial charge in [0.1, 0.15) is 23.7 Å². The van der Waals surface area contributed by atoms with Gasteiger partial charge in [0.05, 0.1) is 0 Å². The number of ether oxygens (including phenoxy) is 1. The molecule has 0 saturated carbocycles. The van der Waals surface area contributed by atoms with Crippen molar-refractivity contribution in [2.24, 2.45) is 0 Å². The Hall–Kier alpha value is -3.54.